The molecule has 1 aromatic rings. The van der Waals surface area contributed by atoms with Gasteiger partial charge in [-0.05, 0) is 30.2 Å². The molecule has 0 amide bonds. The Balaban J connectivity index is 0.00000256. The number of alkyl halides is 1. The van der Waals surface area contributed by atoms with E-state index in [0.717, 1.165) is 5.56 Å². The van der Waals surface area contributed by atoms with Crippen LogP contribution >= 0.6 is 22.6 Å². The third-order valence-electron chi connectivity index (χ3n) is 2.24. The first-order chi connectivity index (χ1) is 7.51. The molecule has 0 heterocycles. The molecule has 1 aromatic carbocycles. The first kappa shape index (κ1) is 17.8. The Bertz CT molecular complexity index is 461. The van der Waals surface area contributed by atoms with Gasteiger partial charge in [-0.15, -0.1) is 0 Å². The topological polar surface area (TPSA) is 66.4 Å². The Morgan fingerprint density at radius 2 is 2.06 bits per heavy atom. The van der Waals surface area contributed by atoms with Crippen LogP contribution < -0.4 is 34.8 Å². The van der Waals surface area contributed by atoms with E-state index in [1.54, 1.807) is 12.1 Å². The van der Waals surface area contributed by atoms with Crippen molar-refractivity contribution in [3.05, 3.63) is 29.3 Å². The molecule has 0 N–H and O–H groups in total. The van der Waals surface area contributed by atoms with E-state index < -0.39 is 9.84 Å². The largest absolute Gasteiger partial charge is 1.00 e. The quantitative estimate of drug-likeness (QED) is 0.196. The molecule has 0 aliphatic carbocycles. The van der Waals surface area contributed by atoms with Gasteiger partial charge >= 0.3 is 29.6 Å². The minimum atomic E-state index is -3.23. The van der Waals surface area contributed by atoms with Crippen molar-refractivity contribution in [2.45, 2.75) is 18.4 Å². The van der Waals surface area contributed by atoms with E-state index in [-0.39, 0.29) is 46.8 Å². The van der Waals surface area contributed by atoms with Crippen LogP contribution in [0.1, 0.15) is 11.1 Å². The number of halogens is 1. The van der Waals surface area contributed by atoms with Gasteiger partial charge in [-0.2, -0.15) is 0 Å². The molecule has 1 rings (SSSR count). The molecule has 7 heteroatoms. The van der Waals surface area contributed by atoms with E-state index >= 15 is 0 Å². The zero-order chi connectivity index (χ0) is 12.2. The summed E-state index contributed by atoms with van der Waals surface area (Å²) in [4.78, 5) is 4.04. The van der Waals surface area contributed by atoms with Crippen molar-refractivity contribution in [2.75, 3.05) is 10.2 Å². The molecule has 0 radical (unpaired) electrons. The van der Waals surface area contributed by atoms with Crippen LogP contribution in [0.5, 0.6) is 0 Å². The fourth-order valence-electron chi connectivity index (χ4n) is 1.28. The summed E-state index contributed by atoms with van der Waals surface area (Å²) >= 11 is 2.02. The number of aryl methyl sites for hydroxylation is 1. The summed E-state index contributed by atoms with van der Waals surface area (Å²) in [5.74, 6) is 0.105. The fraction of sp³-hybridized carbons (Fsp3) is 0.400. The van der Waals surface area contributed by atoms with Crippen molar-refractivity contribution in [1.82, 2.24) is 0 Å². The van der Waals surface area contributed by atoms with E-state index in [0.29, 0.717) is 9.99 Å². The second kappa shape index (κ2) is 8.08. The van der Waals surface area contributed by atoms with Gasteiger partial charge in [-0.3, -0.25) is 0 Å². The molecule has 0 saturated carbocycles. The maximum atomic E-state index is 11.8. The van der Waals surface area contributed by atoms with Crippen molar-refractivity contribution in [3.63, 3.8) is 0 Å². The normalized spacial score (nSPS) is 11.0. The van der Waals surface area contributed by atoms with Crippen molar-refractivity contribution in [1.29, 1.82) is 0 Å². The van der Waals surface area contributed by atoms with Crippen LogP contribution in [0, 0.1) is 6.92 Å². The molecule has 0 saturated heterocycles. The molecule has 0 atom stereocenters. The minimum absolute atomic E-state index is 0. The molecule has 0 fully saturated rings. The zero-order valence-corrected chi connectivity index (χ0v) is 14.7. The second-order valence-corrected chi connectivity index (χ2v) is 6.55. The van der Waals surface area contributed by atoms with Crippen molar-refractivity contribution in [2.24, 2.45) is 0 Å². The molecule has 0 bridgehead atoms. The number of sulfone groups is 1. The summed E-state index contributed by atoms with van der Waals surface area (Å²) in [7, 11) is -3.23. The minimum Gasteiger partial charge on any atom is -0.723 e. The number of hydrogen-bond acceptors (Lipinski definition) is 4. The molecular formula is C10H12INaO4S. The molecule has 17 heavy (non-hydrogen) atoms. The Kier molecular flexibility index (Phi) is 8.47. The Hall–Kier alpha value is 0.820. The monoisotopic (exact) mass is 378 g/mol. The predicted octanol–water partition coefficient (Wildman–Crippen LogP) is -2.00. The maximum absolute atomic E-state index is 11.8. The average molecular weight is 378 g/mol. The van der Waals surface area contributed by atoms with Gasteiger partial charge in [0.1, 0.15) is 0 Å². The average Bonchev–Trinajstić information content (AvgIpc) is 2.21. The standard InChI is InChI=1S/C10H13IO4S.Na/c1-8-2-3-10(6-9(8)7-15-12)16(13,14)5-4-11;/h2-3,6,12H,4-5,7H2,1H3;/q;+1/p-1. The van der Waals surface area contributed by atoms with Gasteiger partial charge in [-0.1, -0.05) is 28.7 Å². The summed E-state index contributed by atoms with van der Waals surface area (Å²) in [6.45, 7) is 1.70. The van der Waals surface area contributed by atoms with E-state index in [1.165, 1.54) is 6.07 Å². The van der Waals surface area contributed by atoms with Crippen molar-refractivity contribution in [3.8, 4) is 0 Å². The summed E-state index contributed by atoms with van der Waals surface area (Å²) < 4.78 is 24.1. The Morgan fingerprint density at radius 3 is 2.59 bits per heavy atom. The van der Waals surface area contributed by atoms with E-state index in [1.807, 2.05) is 29.5 Å². The third-order valence-corrected chi connectivity index (χ3v) is 5.23. The van der Waals surface area contributed by atoms with Crippen molar-refractivity contribution >= 4 is 32.4 Å². The fourth-order valence-corrected chi connectivity index (χ4v) is 4.06. The summed E-state index contributed by atoms with van der Waals surface area (Å²) in [6, 6.07) is 4.76. The summed E-state index contributed by atoms with van der Waals surface area (Å²) in [5, 5.41) is 10.1. The van der Waals surface area contributed by atoms with Gasteiger partial charge in [0.15, 0.2) is 9.84 Å². The number of benzene rings is 1. The number of hydrogen-bond donors (Lipinski definition) is 0. The van der Waals surface area contributed by atoms with Crippen LogP contribution in [0.4, 0.5) is 0 Å². The molecular weight excluding hydrogens is 366 g/mol. The number of rotatable bonds is 5. The Labute approximate surface area is 137 Å². The first-order valence-electron chi connectivity index (χ1n) is 4.64. The third kappa shape index (κ3) is 5.14. The molecule has 4 nitrogen and oxygen atoms in total. The first-order valence-corrected chi connectivity index (χ1v) is 7.82. The van der Waals surface area contributed by atoms with Crippen LogP contribution in [0.15, 0.2) is 23.1 Å². The van der Waals surface area contributed by atoms with Crippen molar-refractivity contribution < 1.29 is 48.1 Å². The predicted molar refractivity (Wildman–Crippen MR) is 66.9 cm³/mol. The SMILES string of the molecule is Cc1ccc(S(=O)(=O)CCI)cc1CO[O-].[Na+]. The maximum Gasteiger partial charge on any atom is 1.00 e. The smallest absolute Gasteiger partial charge is 0.723 e. The van der Waals surface area contributed by atoms with Gasteiger partial charge in [0.05, 0.1) is 17.3 Å². The summed E-state index contributed by atoms with van der Waals surface area (Å²) in [6.07, 6.45) is 0. The van der Waals surface area contributed by atoms with E-state index in [4.69, 9.17) is 0 Å². The molecule has 0 aliphatic rings. The van der Waals surface area contributed by atoms with Gasteiger partial charge in [0.2, 0.25) is 0 Å². The molecule has 0 unspecified atom stereocenters. The molecule has 0 aliphatic heterocycles. The van der Waals surface area contributed by atoms with Crippen LogP contribution in [-0.4, -0.2) is 18.6 Å². The van der Waals surface area contributed by atoms with E-state index in [2.05, 4.69) is 4.89 Å². The van der Waals surface area contributed by atoms with E-state index in [9.17, 15) is 13.7 Å². The van der Waals surface area contributed by atoms with Crippen LogP contribution in [0.25, 0.3) is 0 Å². The zero-order valence-electron chi connectivity index (χ0n) is 9.77. The Morgan fingerprint density at radius 1 is 1.41 bits per heavy atom. The van der Waals surface area contributed by atoms with Crippen LogP contribution in [0.3, 0.4) is 0 Å². The van der Waals surface area contributed by atoms with Gasteiger partial charge in [-0.25, -0.2) is 8.42 Å². The molecule has 0 spiro atoms. The van der Waals surface area contributed by atoms with Gasteiger partial charge < -0.3 is 10.1 Å². The van der Waals surface area contributed by atoms with Gasteiger partial charge in [0.25, 0.3) is 0 Å². The van der Waals surface area contributed by atoms with Crippen LogP contribution in [-0.2, 0) is 21.3 Å². The van der Waals surface area contributed by atoms with Gasteiger partial charge in [0, 0.05) is 4.43 Å². The molecule has 90 valence electrons. The second-order valence-electron chi connectivity index (χ2n) is 3.36. The molecule has 0 aromatic heterocycles. The van der Waals surface area contributed by atoms with Crippen LogP contribution in [0.2, 0.25) is 0 Å². The summed E-state index contributed by atoms with van der Waals surface area (Å²) in [5.41, 5.74) is 1.47.